The second-order valence-electron chi connectivity index (χ2n) is 6.94. The fraction of sp³-hybridized carbons (Fsp3) is 0.684. The first-order valence-corrected chi connectivity index (χ1v) is 11.0. The lowest BCUT2D eigenvalue weighted by molar-refractivity contribution is -0.137. The number of pyridine rings is 1. The number of rotatable bonds is 7. The molecule has 0 atom stereocenters. The van der Waals surface area contributed by atoms with Crippen LogP contribution in [0.25, 0.3) is 0 Å². The van der Waals surface area contributed by atoms with Crippen LogP contribution in [0.3, 0.4) is 0 Å². The number of nitrogens with zero attached hydrogens (tertiary/aromatic N) is 1. The summed E-state index contributed by atoms with van der Waals surface area (Å²) in [6, 6.07) is 2.22. The van der Waals surface area contributed by atoms with Gasteiger partial charge in [-0.2, -0.15) is 24.9 Å². The van der Waals surface area contributed by atoms with Crippen molar-refractivity contribution in [3.05, 3.63) is 23.9 Å². The molecule has 154 valence electrons. The van der Waals surface area contributed by atoms with Crippen molar-refractivity contribution in [2.45, 2.75) is 67.2 Å². The van der Waals surface area contributed by atoms with Crippen LogP contribution in [0.15, 0.2) is 23.4 Å². The average Bonchev–Trinajstić information content (AvgIpc) is 2.63. The number of carbonyl (C=O) groups is 1. The zero-order valence-electron chi connectivity index (χ0n) is 16.1. The van der Waals surface area contributed by atoms with Gasteiger partial charge in [0.25, 0.3) is 0 Å². The van der Waals surface area contributed by atoms with Gasteiger partial charge in [-0.25, -0.2) is 4.98 Å². The minimum atomic E-state index is -4.38. The molecule has 1 fully saturated rings. The number of aldehydes is 1. The number of halogens is 3. The van der Waals surface area contributed by atoms with E-state index < -0.39 is 16.5 Å². The van der Waals surface area contributed by atoms with E-state index in [0.29, 0.717) is 5.03 Å². The molecule has 0 unspecified atom stereocenters. The quantitative estimate of drug-likeness (QED) is 0.360. The molecule has 0 amide bonds. The van der Waals surface area contributed by atoms with Gasteiger partial charge in [-0.3, -0.25) is 0 Å². The number of carbonyl (C=O) groups excluding carboxylic acids is 1. The van der Waals surface area contributed by atoms with Gasteiger partial charge in [-0.15, -0.1) is 0 Å². The Bertz CT molecular complexity index is 545. The van der Waals surface area contributed by atoms with Gasteiger partial charge in [0.15, 0.2) is 0 Å². The third kappa shape index (κ3) is 10.4. The van der Waals surface area contributed by atoms with E-state index in [1.54, 1.807) is 13.8 Å². The lowest BCUT2D eigenvalue weighted by Crippen LogP contribution is -2.16. The van der Waals surface area contributed by atoms with Gasteiger partial charge in [-0.05, 0) is 45.9 Å². The SMILES string of the molecule is CC(C)(C=O)Sc1ccc(C(F)(F)F)cn1.CNCCSC1CCCCC1. The molecule has 1 aromatic rings. The highest BCUT2D eigenvalue weighted by molar-refractivity contribution is 8.01. The highest BCUT2D eigenvalue weighted by atomic mass is 32.2. The van der Waals surface area contributed by atoms with Gasteiger partial charge in [0.2, 0.25) is 0 Å². The van der Waals surface area contributed by atoms with Crippen LogP contribution in [-0.2, 0) is 11.0 Å². The summed E-state index contributed by atoms with van der Waals surface area (Å²) in [5.74, 6) is 1.29. The molecule has 0 radical (unpaired) electrons. The van der Waals surface area contributed by atoms with E-state index in [-0.39, 0.29) is 0 Å². The van der Waals surface area contributed by atoms with Crippen LogP contribution in [0, 0.1) is 0 Å². The fourth-order valence-corrected chi connectivity index (χ4v) is 4.61. The first-order chi connectivity index (χ1) is 12.7. The second-order valence-corrected chi connectivity index (χ2v) is 10.0. The number of nitrogens with one attached hydrogen (secondary N) is 1. The van der Waals surface area contributed by atoms with Crippen molar-refractivity contribution < 1.29 is 18.0 Å². The number of hydrogen-bond donors (Lipinski definition) is 1. The first-order valence-electron chi connectivity index (χ1n) is 9.13. The molecule has 2 rings (SSSR count). The predicted molar refractivity (Wildman–Crippen MR) is 108 cm³/mol. The minimum absolute atomic E-state index is 0.394. The molecular weight excluding hydrogens is 393 g/mol. The molecule has 8 heteroatoms. The number of hydrogen-bond acceptors (Lipinski definition) is 5. The molecule has 1 heterocycles. The van der Waals surface area contributed by atoms with Crippen LogP contribution >= 0.6 is 23.5 Å². The summed E-state index contributed by atoms with van der Waals surface area (Å²) in [7, 11) is 2.03. The van der Waals surface area contributed by atoms with Crippen LogP contribution in [-0.4, -0.2) is 40.6 Å². The van der Waals surface area contributed by atoms with E-state index in [2.05, 4.69) is 22.1 Å². The summed E-state index contributed by atoms with van der Waals surface area (Å²) < 4.78 is 36.0. The van der Waals surface area contributed by atoms with Gasteiger partial charge in [0.1, 0.15) is 6.29 Å². The minimum Gasteiger partial charge on any atom is -0.319 e. The molecule has 1 aromatic heterocycles. The van der Waals surface area contributed by atoms with Crippen LogP contribution in [0.1, 0.15) is 51.5 Å². The van der Waals surface area contributed by atoms with Gasteiger partial charge in [0.05, 0.1) is 15.3 Å². The van der Waals surface area contributed by atoms with Crippen LogP contribution in [0.2, 0.25) is 0 Å². The van der Waals surface area contributed by atoms with Crippen LogP contribution < -0.4 is 5.32 Å². The van der Waals surface area contributed by atoms with Crippen LogP contribution in [0.4, 0.5) is 13.2 Å². The Balaban J connectivity index is 0.000000289. The maximum absolute atomic E-state index is 12.2. The van der Waals surface area contributed by atoms with Gasteiger partial charge >= 0.3 is 6.18 Å². The zero-order valence-corrected chi connectivity index (χ0v) is 17.8. The van der Waals surface area contributed by atoms with E-state index in [4.69, 9.17) is 0 Å². The molecule has 1 aliphatic carbocycles. The maximum atomic E-state index is 12.2. The smallest absolute Gasteiger partial charge is 0.319 e. The topological polar surface area (TPSA) is 42.0 Å². The molecular formula is C19H29F3N2OS2. The molecule has 3 nitrogen and oxygen atoms in total. The molecule has 1 aliphatic rings. The van der Waals surface area contributed by atoms with Crippen molar-refractivity contribution >= 4 is 29.8 Å². The third-order valence-electron chi connectivity index (χ3n) is 3.97. The van der Waals surface area contributed by atoms with E-state index in [0.717, 1.165) is 35.6 Å². The maximum Gasteiger partial charge on any atom is 0.417 e. The Morgan fingerprint density at radius 3 is 2.37 bits per heavy atom. The highest BCUT2D eigenvalue weighted by Gasteiger charge is 2.31. The number of thioether (sulfide) groups is 2. The molecule has 0 bridgehead atoms. The summed E-state index contributed by atoms with van der Waals surface area (Å²) >= 11 is 3.28. The monoisotopic (exact) mass is 422 g/mol. The van der Waals surface area contributed by atoms with Crippen molar-refractivity contribution in [2.75, 3.05) is 19.3 Å². The van der Waals surface area contributed by atoms with Crippen molar-refractivity contribution in [2.24, 2.45) is 0 Å². The largest absolute Gasteiger partial charge is 0.417 e. The Morgan fingerprint density at radius 2 is 1.89 bits per heavy atom. The average molecular weight is 423 g/mol. The number of alkyl halides is 3. The second kappa shape index (κ2) is 12.0. The van der Waals surface area contributed by atoms with Gasteiger partial charge < -0.3 is 10.1 Å². The summed E-state index contributed by atoms with van der Waals surface area (Å²) in [5.41, 5.74) is -0.791. The lowest BCUT2D eigenvalue weighted by Gasteiger charge is -2.20. The van der Waals surface area contributed by atoms with E-state index in [1.807, 2.05) is 7.05 Å². The first kappa shape index (κ1) is 24.3. The fourth-order valence-electron chi connectivity index (χ4n) is 2.46. The molecule has 1 saturated carbocycles. The highest BCUT2D eigenvalue weighted by Crippen LogP contribution is 2.32. The standard InChI is InChI=1S/C10H10F3NOS.C9H19NS/c1-9(2,6-15)16-8-4-3-7(5-14-8)10(11,12)13;1-10-7-8-11-9-5-3-2-4-6-9/h3-6H,1-2H3;9-10H,2-8H2,1H3. The summed E-state index contributed by atoms with van der Waals surface area (Å²) in [4.78, 5) is 14.3. The molecule has 0 spiro atoms. The Labute approximate surface area is 168 Å². The molecule has 27 heavy (non-hydrogen) atoms. The van der Waals surface area contributed by atoms with E-state index in [9.17, 15) is 18.0 Å². The molecule has 1 N–H and O–H groups in total. The van der Waals surface area contributed by atoms with Gasteiger partial charge in [0, 0.05) is 23.7 Å². The normalized spacial score (nSPS) is 15.8. The van der Waals surface area contributed by atoms with Gasteiger partial charge in [-0.1, -0.05) is 31.0 Å². The molecule has 0 aliphatic heterocycles. The predicted octanol–water partition coefficient (Wildman–Crippen LogP) is 5.44. The summed E-state index contributed by atoms with van der Waals surface area (Å²) in [6.07, 6.45) is 4.47. The van der Waals surface area contributed by atoms with E-state index >= 15 is 0 Å². The zero-order chi connectivity index (χ0) is 20.3. The van der Waals surface area contributed by atoms with Crippen molar-refractivity contribution in [1.29, 1.82) is 0 Å². The molecule has 0 saturated heterocycles. The van der Waals surface area contributed by atoms with Crippen LogP contribution in [0.5, 0.6) is 0 Å². The third-order valence-corrected chi connectivity index (χ3v) is 6.43. The Kier molecular flexibility index (Phi) is 10.8. The Hall–Kier alpha value is -0.730. The Morgan fingerprint density at radius 1 is 1.22 bits per heavy atom. The van der Waals surface area contributed by atoms with Crippen molar-refractivity contribution in [1.82, 2.24) is 10.3 Å². The number of aromatic nitrogens is 1. The lowest BCUT2D eigenvalue weighted by atomic mass is 10.0. The van der Waals surface area contributed by atoms with E-state index in [1.165, 1.54) is 50.5 Å². The van der Waals surface area contributed by atoms with Crippen molar-refractivity contribution in [3.63, 3.8) is 0 Å². The summed E-state index contributed by atoms with van der Waals surface area (Å²) in [6.45, 7) is 4.51. The van der Waals surface area contributed by atoms with Crippen molar-refractivity contribution in [3.8, 4) is 0 Å². The molecule has 0 aromatic carbocycles. The summed E-state index contributed by atoms with van der Waals surface area (Å²) in [5, 5.41) is 4.56.